The van der Waals surface area contributed by atoms with Gasteiger partial charge in [0.1, 0.15) is 22.8 Å². The van der Waals surface area contributed by atoms with Crippen LogP contribution >= 0.6 is 0 Å². The minimum Gasteiger partial charge on any atom is -0.285 e. The van der Waals surface area contributed by atoms with E-state index in [0.717, 1.165) is 22.4 Å². The summed E-state index contributed by atoms with van der Waals surface area (Å²) in [6, 6.07) is 15.3. The number of hydrogen-bond acceptors (Lipinski definition) is 7. The summed E-state index contributed by atoms with van der Waals surface area (Å²) in [5, 5.41) is 16.1. The second-order valence-electron chi connectivity index (χ2n) is 6.83. The van der Waals surface area contributed by atoms with Crippen molar-refractivity contribution < 1.29 is 9.59 Å². The third-order valence-corrected chi connectivity index (χ3v) is 4.92. The Balaban J connectivity index is 1.57. The van der Waals surface area contributed by atoms with Gasteiger partial charge in [-0.25, -0.2) is 14.0 Å². The van der Waals surface area contributed by atoms with Gasteiger partial charge in [-0.05, 0) is 50.2 Å². The lowest BCUT2D eigenvalue weighted by Crippen LogP contribution is -2.15. The zero-order valence-corrected chi connectivity index (χ0v) is 16.1. The van der Waals surface area contributed by atoms with E-state index in [-0.39, 0.29) is 23.0 Å². The molecule has 0 N–H and O–H groups in total. The fourth-order valence-electron chi connectivity index (χ4n) is 3.36. The summed E-state index contributed by atoms with van der Waals surface area (Å²) in [6.07, 6.45) is 0. The zero-order chi connectivity index (χ0) is 20.8. The lowest BCUT2D eigenvalue weighted by Gasteiger charge is -2.06. The van der Waals surface area contributed by atoms with Crippen molar-refractivity contribution in [3.05, 3.63) is 88.8 Å². The second kappa shape index (κ2) is 6.66. The van der Waals surface area contributed by atoms with Crippen LogP contribution in [0.15, 0.2) is 54.6 Å². The summed E-state index contributed by atoms with van der Waals surface area (Å²) in [6.45, 7) is 3.64. The van der Waals surface area contributed by atoms with Crippen LogP contribution in [0.3, 0.4) is 0 Å². The maximum absolute atomic E-state index is 13.1. The van der Waals surface area contributed by atoms with Gasteiger partial charge in [-0.15, -0.1) is 10.2 Å². The van der Waals surface area contributed by atoms with Gasteiger partial charge in [0.15, 0.2) is 0 Å². The van der Waals surface area contributed by atoms with Crippen molar-refractivity contribution >= 4 is 22.6 Å². The van der Waals surface area contributed by atoms with Crippen molar-refractivity contribution in [2.75, 3.05) is 0 Å². The van der Waals surface area contributed by atoms with E-state index in [1.165, 1.54) is 9.03 Å². The SMILES string of the molecule is Cc1nnn2c(C(=O)c3cccc(C(=O)c4cccc5c(C)nnn45)n3)cccc12. The Morgan fingerprint density at radius 1 is 0.667 bits per heavy atom. The molecule has 0 bridgehead atoms. The third-order valence-electron chi connectivity index (χ3n) is 4.92. The van der Waals surface area contributed by atoms with Gasteiger partial charge in [0.05, 0.1) is 22.4 Å². The molecule has 5 heterocycles. The Kier molecular flexibility index (Phi) is 3.95. The first-order chi connectivity index (χ1) is 14.5. The van der Waals surface area contributed by atoms with Crippen LogP contribution in [0.2, 0.25) is 0 Å². The van der Waals surface area contributed by atoms with E-state index >= 15 is 0 Å². The van der Waals surface area contributed by atoms with E-state index in [1.54, 1.807) is 42.5 Å². The molecule has 146 valence electrons. The maximum atomic E-state index is 13.1. The standard InChI is InChI=1S/C21H15N7O2/c1-12-16-8-4-10-18(27(16)25-23-12)20(29)14-6-3-7-15(22-14)21(30)19-11-5-9-17-13(2)24-26-28(17)19/h3-11H,1-2H3. The van der Waals surface area contributed by atoms with E-state index in [9.17, 15) is 9.59 Å². The van der Waals surface area contributed by atoms with Crippen molar-refractivity contribution in [2.24, 2.45) is 0 Å². The number of hydrogen-bond donors (Lipinski definition) is 0. The molecule has 9 heteroatoms. The molecule has 5 rings (SSSR count). The summed E-state index contributed by atoms with van der Waals surface area (Å²) >= 11 is 0. The van der Waals surface area contributed by atoms with Gasteiger partial charge in [0.25, 0.3) is 0 Å². The molecule has 0 unspecified atom stereocenters. The van der Waals surface area contributed by atoms with Crippen molar-refractivity contribution in [1.29, 1.82) is 0 Å². The van der Waals surface area contributed by atoms with E-state index in [0.29, 0.717) is 11.4 Å². The minimum atomic E-state index is -0.352. The van der Waals surface area contributed by atoms with E-state index in [1.807, 2.05) is 26.0 Å². The number of rotatable bonds is 4. The monoisotopic (exact) mass is 397 g/mol. The molecule has 5 aromatic rings. The fourth-order valence-corrected chi connectivity index (χ4v) is 3.36. The molecule has 0 aliphatic rings. The predicted molar refractivity (Wildman–Crippen MR) is 107 cm³/mol. The van der Waals surface area contributed by atoms with E-state index in [2.05, 4.69) is 25.6 Å². The number of carbonyl (C=O) groups excluding carboxylic acids is 2. The molecular weight excluding hydrogens is 382 g/mol. The Morgan fingerprint density at radius 3 is 1.57 bits per heavy atom. The number of aryl methyl sites for hydroxylation is 2. The Morgan fingerprint density at radius 2 is 1.10 bits per heavy atom. The van der Waals surface area contributed by atoms with Crippen LogP contribution < -0.4 is 0 Å². The Hall–Kier alpha value is -4.27. The first-order valence-electron chi connectivity index (χ1n) is 9.23. The summed E-state index contributed by atoms with van der Waals surface area (Å²) in [5.41, 5.74) is 3.84. The lowest BCUT2D eigenvalue weighted by molar-refractivity contribution is 0.102. The average molecular weight is 397 g/mol. The van der Waals surface area contributed by atoms with Crippen molar-refractivity contribution in [1.82, 2.24) is 34.6 Å². The molecule has 0 aliphatic heterocycles. The highest BCUT2D eigenvalue weighted by atomic mass is 16.1. The Bertz CT molecular complexity index is 1360. The highest BCUT2D eigenvalue weighted by Gasteiger charge is 2.20. The predicted octanol–water partition coefficient (Wildman–Crippen LogP) is 2.25. The number of aromatic nitrogens is 7. The smallest absolute Gasteiger partial charge is 0.229 e. The molecular formula is C21H15N7O2. The number of nitrogens with zero attached hydrogens (tertiary/aromatic N) is 7. The summed E-state index contributed by atoms with van der Waals surface area (Å²) in [4.78, 5) is 30.5. The number of ketones is 2. The quantitative estimate of drug-likeness (QED) is 0.428. The van der Waals surface area contributed by atoms with E-state index in [4.69, 9.17) is 0 Å². The highest BCUT2D eigenvalue weighted by Crippen LogP contribution is 2.16. The molecule has 0 radical (unpaired) electrons. The van der Waals surface area contributed by atoms with Crippen molar-refractivity contribution in [2.45, 2.75) is 13.8 Å². The molecule has 0 atom stereocenters. The van der Waals surface area contributed by atoms with Crippen LogP contribution in [0.1, 0.15) is 43.8 Å². The average Bonchev–Trinajstić information content (AvgIpc) is 3.35. The summed E-state index contributed by atoms with van der Waals surface area (Å²) in [7, 11) is 0. The van der Waals surface area contributed by atoms with Crippen molar-refractivity contribution in [3.8, 4) is 0 Å². The molecule has 9 nitrogen and oxygen atoms in total. The first-order valence-corrected chi connectivity index (χ1v) is 9.23. The molecule has 5 aromatic heterocycles. The fraction of sp³-hybridized carbons (Fsp3) is 0.0952. The summed E-state index contributed by atoms with van der Waals surface area (Å²) in [5.74, 6) is -0.704. The molecule has 0 saturated carbocycles. The van der Waals surface area contributed by atoms with Gasteiger partial charge in [-0.1, -0.05) is 28.6 Å². The first kappa shape index (κ1) is 17.8. The zero-order valence-electron chi connectivity index (χ0n) is 16.1. The van der Waals surface area contributed by atoms with Gasteiger partial charge in [-0.3, -0.25) is 9.59 Å². The topological polar surface area (TPSA) is 107 Å². The molecule has 0 aliphatic carbocycles. The Labute approximate surface area is 170 Å². The number of pyridine rings is 3. The van der Waals surface area contributed by atoms with Crippen molar-refractivity contribution in [3.63, 3.8) is 0 Å². The van der Waals surface area contributed by atoms with Crippen LogP contribution in [0.5, 0.6) is 0 Å². The third kappa shape index (κ3) is 2.67. The lowest BCUT2D eigenvalue weighted by atomic mass is 10.1. The second-order valence-corrected chi connectivity index (χ2v) is 6.83. The largest absolute Gasteiger partial charge is 0.285 e. The number of carbonyl (C=O) groups is 2. The van der Waals surface area contributed by atoms with Crippen LogP contribution in [-0.2, 0) is 0 Å². The van der Waals surface area contributed by atoms with Gasteiger partial charge in [-0.2, -0.15) is 0 Å². The minimum absolute atomic E-state index is 0.142. The van der Waals surface area contributed by atoms with Crippen LogP contribution in [0.4, 0.5) is 0 Å². The van der Waals surface area contributed by atoms with Gasteiger partial charge in [0.2, 0.25) is 11.6 Å². The molecule has 0 amide bonds. The highest BCUT2D eigenvalue weighted by molar-refractivity contribution is 6.10. The molecule has 0 aromatic carbocycles. The van der Waals surface area contributed by atoms with Gasteiger partial charge in [0, 0.05) is 0 Å². The van der Waals surface area contributed by atoms with Gasteiger partial charge < -0.3 is 0 Å². The normalized spacial score (nSPS) is 11.3. The maximum Gasteiger partial charge on any atom is 0.229 e. The van der Waals surface area contributed by atoms with Crippen LogP contribution in [0, 0.1) is 13.8 Å². The molecule has 0 fully saturated rings. The van der Waals surface area contributed by atoms with Gasteiger partial charge >= 0.3 is 0 Å². The summed E-state index contributed by atoms with van der Waals surface area (Å²) < 4.78 is 2.96. The number of fused-ring (bicyclic) bond motifs is 2. The molecule has 30 heavy (non-hydrogen) atoms. The van der Waals surface area contributed by atoms with Crippen LogP contribution in [-0.4, -0.2) is 46.2 Å². The molecule has 0 saturated heterocycles. The van der Waals surface area contributed by atoms with E-state index < -0.39 is 0 Å². The van der Waals surface area contributed by atoms with Crippen LogP contribution in [0.25, 0.3) is 11.0 Å². The molecule has 0 spiro atoms.